The Morgan fingerprint density at radius 2 is 1.71 bits per heavy atom. The summed E-state index contributed by atoms with van der Waals surface area (Å²) in [5.74, 6) is 2.08. The number of ether oxygens (including phenoxy) is 1. The van der Waals surface area contributed by atoms with Crippen molar-refractivity contribution in [3.8, 4) is 0 Å². The highest BCUT2D eigenvalue weighted by molar-refractivity contribution is 4.90. The van der Waals surface area contributed by atoms with E-state index >= 15 is 0 Å². The second-order valence-electron chi connectivity index (χ2n) is 8.11. The van der Waals surface area contributed by atoms with Crippen LogP contribution in [0.4, 0.5) is 0 Å². The van der Waals surface area contributed by atoms with Gasteiger partial charge in [0.05, 0.1) is 13.2 Å². The molecule has 3 aliphatic rings. The van der Waals surface area contributed by atoms with Crippen LogP contribution in [0.25, 0.3) is 0 Å². The molecule has 0 amide bonds. The van der Waals surface area contributed by atoms with Gasteiger partial charge in [0.1, 0.15) is 0 Å². The molecule has 1 heterocycles. The van der Waals surface area contributed by atoms with Gasteiger partial charge >= 0.3 is 0 Å². The van der Waals surface area contributed by atoms with Crippen molar-refractivity contribution in [2.24, 2.45) is 11.8 Å². The molecule has 2 aliphatic carbocycles. The number of hydrogen-bond donors (Lipinski definition) is 1. The summed E-state index contributed by atoms with van der Waals surface area (Å²) in [5.41, 5.74) is 0.257. The van der Waals surface area contributed by atoms with E-state index in [0.717, 1.165) is 50.7 Å². The van der Waals surface area contributed by atoms with Crippen LogP contribution in [0.3, 0.4) is 0 Å². The quantitative estimate of drug-likeness (QED) is 0.862. The van der Waals surface area contributed by atoms with Crippen LogP contribution in [0.1, 0.15) is 58.8 Å². The van der Waals surface area contributed by atoms with Gasteiger partial charge in [-0.15, -0.1) is 0 Å². The Labute approximate surface area is 130 Å². The molecular formula is C18H34N2O. The lowest BCUT2D eigenvalue weighted by atomic mass is 9.69. The predicted molar refractivity (Wildman–Crippen MR) is 87.6 cm³/mol. The van der Waals surface area contributed by atoms with Gasteiger partial charge in [-0.2, -0.15) is 0 Å². The molecular weight excluding hydrogens is 260 g/mol. The third-order valence-electron chi connectivity index (χ3n) is 6.23. The number of fused-ring (bicyclic) bond motifs is 1. The molecule has 0 aromatic rings. The summed E-state index contributed by atoms with van der Waals surface area (Å²) >= 11 is 0. The van der Waals surface area contributed by atoms with Crippen molar-refractivity contribution in [2.45, 2.75) is 70.4 Å². The molecule has 3 fully saturated rings. The van der Waals surface area contributed by atoms with E-state index in [-0.39, 0.29) is 5.54 Å². The van der Waals surface area contributed by atoms with Crippen molar-refractivity contribution < 1.29 is 4.74 Å². The Kier molecular flexibility index (Phi) is 5.23. The zero-order valence-electron chi connectivity index (χ0n) is 14.1. The lowest BCUT2D eigenvalue weighted by molar-refractivity contribution is -0.0114. The van der Waals surface area contributed by atoms with Crippen LogP contribution in [0.5, 0.6) is 0 Å². The van der Waals surface area contributed by atoms with Crippen molar-refractivity contribution in [1.82, 2.24) is 10.2 Å². The zero-order chi connectivity index (χ0) is 14.7. The second-order valence-corrected chi connectivity index (χ2v) is 8.11. The van der Waals surface area contributed by atoms with Crippen molar-refractivity contribution in [2.75, 3.05) is 32.8 Å². The molecule has 3 unspecified atom stereocenters. The number of hydrogen-bond acceptors (Lipinski definition) is 3. The molecule has 3 heteroatoms. The van der Waals surface area contributed by atoms with Gasteiger partial charge in [0.2, 0.25) is 0 Å². The fourth-order valence-corrected chi connectivity index (χ4v) is 4.73. The van der Waals surface area contributed by atoms with Gasteiger partial charge in [-0.05, 0) is 44.9 Å². The van der Waals surface area contributed by atoms with Crippen molar-refractivity contribution in [3.05, 3.63) is 0 Å². The Morgan fingerprint density at radius 1 is 1.00 bits per heavy atom. The predicted octanol–water partition coefficient (Wildman–Crippen LogP) is 3.05. The molecule has 3 atom stereocenters. The standard InChI is InChI=1S/C18H34N2O/c1-18(2,20-9-11-21-12-10-20)14-19-17-8-7-15-5-3-4-6-16(15)13-17/h15-17,19H,3-14H2,1-2H3. The molecule has 2 saturated carbocycles. The topological polar surface area (TPSA) is 24.5 Å². The summed E-state index contributed by atoms with van der Waals surface area (Å²) in [6.07, 6.45) is 10.3. The van der Waals surface area contributed by atoms with Gasteiger partial charge in [0.25, 0.3) is 0 Å². The fourth-order valence-electron chi connectivity index (χ4n) is 4.73. The van der Waals surface area contributed by atoms with E-state index in [1.807, 2.05) is 0 Å². The first kappa shape index (κ1) is 15.8. The molecule has 1 N–H and O–H groups in total. The van der Waals surface area contributed by atoms with E-state index in [2.05, 4.69) is 24.1 Å². The van der Waals surface area contributed by atoms with E-state index in [4.69, 9.17) is 4.74 Å². The smallest absolute Gasteiger partial charge is 0.0594 e. The molecule has 1 saturated heterocycles. The highest BCUT2D eigenvalue weighted by Crippen LogP contribution is 2.40. The van der Waals surface area contributed by atoms with E-state index in [0.29, 0.717) is 0 Å². The van der Waals surface area contributed by atoms with Crippen molar-refractivity contribution in [3.63, 3.8) is 0 Å². The molecule has 3 rings (SSSR count). The van der Waals surface area contributed by atoms with Gasteiger partial charge in [-0.3, -0.25) is 4.90 Å². The molecule has 122 valence electrons. The third-order valence-corrected chi connectivity index (χ3v) is 6.23. The summed E-state index contributed by atoms with van der Waals surface area (Å²) in [4.78, 5) is 2.59. The Bertz CT molecular complexity index is 325. The third kappa shape index (κ3) is 4.00. The average molecular weight is 294 g/mol. The number of nitrogens with zero attached hydrogens (tertiary/aromatic N) is 1. The minimum absolute atomic E-state index is 0.257. The minimum atomic E-state index is 0.257. The highest BCUT2D eigenvalue weighted by Gasteiger charge is 2.34. The average Bonchev–Trinajstić information content (AvgIpc) is 2.54. The lowest BCUT2D eigenvalue weighted by Crippen LogP contribution is -2.56. The van der Waals surface area contributed by atoms with Gasteiger partial charge in [0, 0.05) is 31.2 Å². The monoisotopic (exact) mass is 294 g/mol. The molecule has 0 radical (unpaired) electrons. The normalized spacial score (nSPS) is 35.4. The van der Waals surface area contributed by atoms with Crippen LogP contribution in [0, 0.1) is 11.8 Å². The minimum Gasteiger partial charge on any atom is -0.379 e. The first-order valence-electron chi connectivity index (χ1n) is 9.21. The van der Waals surface area contributed by atoms with Crippen LogP contribution < -0.4 is 5.32 Å². The molecule has 3 nitrogen and oxygen atoms in total. The first-order valence-corrected chi connectivity index (χ1v) is 9.21. The van der Waals surface area contributed by atoms with Gasteiger partial charge in [-0.25, -0.2) is 0 Å². The number of morpholine rings is 1. The van der Waals surface area contributed by atoms with Crippen molar-refractivity contribution in [1.29, 1.82) is 0 Å². The van der Waals surface area contributed by atoms with E-state index in [1.165, 1.54) is 44.9 Å². The molecule has 21 heavy (non-hydrogen) atoms. The van der Waals surface area contributed by atoms with Gasteiger partial charge in [0.15, 0.2) is 0 Å². The number of nitrogens with one attached hydrogen (secondary N) is 1. The fraction of sp³-hybridized carbons (Fsp3) is 1.00. The highest BCUT2D eigenvalue weighted by atomic mass is 16.5. The Balaban J connectivity index is 1.45. The first-order chi connectivity index (χ1) is 10.1. The summed E-state index contributed by atoms with van der Waals surface area (Å²) in [7, 11) is 0. The van der Waals surface area contributed by atoms with E-state index in [9.17, 15) is 0 Å². The summed E-state index contributed by atoms with van der Waals surface area (Å²) < 4.78 is 5.49. The van der Waals surface area contributed by atoms with Crippen LogP contribution >= 0.6 is 0 Å². The Morgan fingerprint density at radius 3 is 2.48 bits per heavy atom. The SMILES string of the molecule is CC(C)(CNC1CCC2CCCCC2C1)N1CCOCC1. The van der Waals surface area contributed by atoms with Gasteiger partial charge in [-0.1, -0.05) is 25.7 Å². The van der Waals surface area contributed by atoms with E-state index < -0.39 is 0 Å². The maximum absolute atomic E-state index is 5.49. The van der Waals surface area contributed by atoms with Crippen LogP contribution in [0.2, 0.25) is 0 Å². The Hall–Kier alpha value is -0.120. The van der Waals surface area contributed by atoms with Crippen molar-refractivity contribution >= 4 is 0 Å². The summed E-state index contributed by atoms with van der Waals surface area (Å²) in [6, 6.07) is 0.768. The molecule has 0 bridgehead atoms. The summed E-state index contributed by atoms with van der Waals surface area (Å²) in [5, 5.41) is 3.91. The zero-order valence-corrected chi connectivity index (χ0v) is 14.1. The maximum Gasteiger partial charge on any atom is 0.0594 e. The number of rotatable bonds is 4. The maximum atomic E-state index is 5.49. The largest absolute Gasteiger partial charge is 0.379 e. The molecule has 0 aromatic heterocycles. The molecule has 0 spiro atoms. The van der Waals surface area contributed by atoms with Crippen LogP contribution in [-0.4, -0.2) is 49.3 Å². The van der Waals surface area contributed by atoms with Crippen LogP contribution in [0.15, 0.2) is 0 Å². The molecule has 0 aromatic carbocycles. The lowest BCUT2D eigenvalue weighted by Gasteiger charge is -2.44. The van der Waals surface area contributed by atoms with Crippen LogP contribution in [-0.2, 0) is 4.74 Å². The second kappa shape index (κ2) is 6.97. The van der Waals surface area contributed by atoms with Gasteiger partial charge < -0.3 is 10.1 Å². The molecule has 1 aliphatic heterocycles. The summed E-state index contributed by atoms with van der Waals surface area (Å²) in [6.45, 7) is 9.87. The van der Waals surface area contributed by atoms with E-state index in [1.54, 1.807) is 0 Å².